The zero-order chi connectivity index (χ0) is 8.97. The number of aromatic nitrogens is 2. The molecule has 1 aliphatic heterocycles. The summed E-state index contributed by atoms with van der Waals surface area (Å²) >= 11 is 0. The van der Waals surface area contributed by atoms with Gasteiger partial charge < -0.3 is 10.5 Å². The Morgan fingerprint density at radius 2 is 2.25 bits per heavy atom. The molecule has 1 fully saturated rings. The van der Waals surface area contributed by atoms with E-state index in [9.17, 15) is 0 Å². The maximum atomic E-state index is 5.47. The lowest BCUT2D eigenvalue weighted by molar-refractivity contribution is -0.0286. The SMILES string of the molecule is CC.Nc1cnn(C2COC2)c1. The van der Waals surface area contributed by atoms with Crippen LogP contribution in [-0.4, -0.2) is 23.0 Å². The van der Waals surface area contributed by atoms with Gasteiger partial charge in [-0.05, 0) is 0 Å². The summed E-state index contributed by atoms with van der Waals surface area (Å²) in [5.41, 5.74) is 6.19. The molecule has 0 atom stereocenters. The minimum Gasteiger partial charge on any atom is -0.396 e. The van der Waals surface area contributed by atoms with E-state index in [0.717, 1.165) is 13.2 Å². The Balaban J connectivity index is 0.000000336. The Labute approximate surface area is 72.3 Å². The highest BCUT2D eigenvalue weighted by atomic mass is 16.5. The van der Waals surface area contributed by atoms with Crippen molar-refractivity contribution in [1.29, 1.82) is 0 Å². The second-order valence-corrected chi connectivity index (χ2v) is 2.44. The van der Waals surface area contributed by atoms with E-state index in [1.807, 2.05) is 24.7 Å². The lowest BCUT2D eigenvalue weighted by Gasteiger charge is -2.25. The van der Waals surface area contributed by atoms with Gasteiger partial charge in [0.15, 0.2) is 0 Å². The molecule has 12 heavy (non-hydrogen) atoms. The highest BCUT2D eigenvalue weighted by molar-refractivity contribution is 5.30. The van der Waals surface area contributed by atoms with Crippen molar-refractivity contribution in [2.75, 3.05) is 18.9 Å². The molecule has 1 aromatic rings. The van der Waals surface area contributed by atoms with Gasteiger partial charge >= 0.3 is 0 Å². The zero-order valence-electron chi connectivity index (χ0n) is 7.53. The summed E-state index contributed by atoms with van der Waals surface area (Å²) in [5, 5.41) is 4.05. The molecule has 2 N–H and O–H groups in total. The fraction of sp³-hybridized carbons (Fsp3) is 0.625. The quantitative estimate of drug-likeness (QED) is 0.684. The summed E-state index contributed by atoms with van der Waals surface area (Å²) < 4.78 is 6.84. The Morgan fingerprint density at radius 1 is 1.58 bits per heavy atom. The van der Waals surface area contributed by atoms with Crippen molar-refractivity contribution < 1.29 is 4.74 Å². The molecule has 68 valence electrons. The van der Waals surface area contributed by atoms with Crippen LogP contribution in [0.25, 0.3) is 0 Å². The summed E-state index contributed by atoms with van der Waals surface area (Å²) in [5.74, 6) is 0. The van der Waals surface area contributed by atoms with Gasteiger partial charge in [0.25, 0.3) is 0 Å². The summed E-state index contributed by atoms with van der Waals surface area (Å²) in [6.45, 7) is 5.53. The third-order valence-electron chi connectivity index (χ3n) is 1.62. The molecule has 4 nitrogen and oxygen atoms in total. The minimum atomic E-state index is 0.414. The summed E-state index contributed by atoms with van der Waals surface area (Å²) in [6.07, 6.45) is 3.48. The van der Waals surface area contributed by atoms with Crippen LogP contribution in [0.5, 0.6) is 0 Å². The monoisotopic (exact) mass is 169 g/mol. The van der Waals surface area contributed by atoms with Crippen molar-refractivity contribution in [3.05, 3.63) is 12.4 Å². The van der Waals surface area contributed by atoms with Crippen LogP contribution in [0.4, 0.5) is 5.69 Å². The Hall–Kier alpha value is -1.03. The van der Waals surface area contributed by atoms with E-state index in [-0.39, 0.29) is 0 Å². The number of ether oxygens (including phenoxy) is 1. The maximum Gasteiger partial charge on any atom is 0.0986 e. The predicted molar refractivity (Wildman–Crippen MR) is 47.8 cm³/mol. The number of hydrogen-bond acceptors (Lipinski definition) is 3. The highest BCUT2D eigenvalue weighted by Gasteiger charge is 2.20. The van der Waals surface area contributed by atoms with Gasteiger partial charge in [-0.1, -0.05) is 13.8 Å². The molecule has 0 aromatic carbocycles. The number of hydrogen-bond donors (Lipinski definition) is 1. The molecule has 4 heteroatoms. The molecule has 1 saturated heterocycles. The van der Waals surface area contributed by atoms with Crippen LogP contribution < -0.4 is 5.73 Å². The summed E-state index contributed by atoms with van der Waals surface area (Å²) in [4.78, 5) is 0. The highest BCUT2D eigenvalue weighted by Crippen LogP contribution is 2.16. The van der Waals surface area contributed by atoms with Gasteiger partial charge in [0.05, 0.1) is 31.1 Å². The van der Waals surface area contributed by atoms with Gasteiger partial charge in [-0.2, -0.15) is 5.10 Å². The second-order valence-electron chi connectivity index (χ2n) is 2.44. The van der Waals surface area contributed by atoms with E-state index in [1.54, 1.807) is 6.20 Å². The summed E-state index contributed by atoms with van der Waals surface area (Å²) in [7, 11) is 0. The summed E-state index contributed by atoms with van der Waals surface area (Å²) in [6, 6.07) is 0.414. The third kappa shape index (κ3) is 1.76. The molecule has 1 aliphatic rings. The molecule has 2 rings (SSSR count). The van der Waals surface area contributed by atoms with Crippen LogP contribution >= 0.6 is 0 Å². The van der Waals surface area contributed by atoms with Crippen molar-refractivity contribution >= 4 is 5.69 Å². The number of nitrogens with zero attached hydrogens (tertiary/aromatic N) is 2. The first-order chi connectivity index (χ1) is 5.86. The molecule has 0 spiro atoms. The van der Waals surface area contributed by atoms with Crippen LogP contribution in [0.15, 0.2) is 12.4 Å². The van der Waals surface area contributed by atoms with Crippen molar-refractivity contribution in [2.24, 2.45) is 0 Å². The van der Waals surface area contributed by atoms with E-state index in [1.165, 1.54) is 0 Å². The average Bonchev–Trinajstić information content (AvgIpc) is 2.37. The van der Waals surface area contributed by atoms with Crippen LogP contribution in [0.2, 0.25) is 0 Å². The molecule has 0 radical (unpaired) electrons. The van der Waals surface area contributed by atoms with Gasteiger partial charge in [0, 0.05) is 6.20 Å². The molecule has 0 unspecified atom stereocenters. The molecule has 0 bridgehead atoms. The van der Waals surface area contributed by atoms with Crippen molar-refractivity contribution in [3.8, 4) is 0 Å². The first-order valence-electron chi connectivity index (χ1n) is 4.23. The molecular weight excluding hydrogens is 154 g/mol. The largest absolute Gasteiger partial charge is 0.396 e. The Kier molecular flexibility index (Phi) is 3.10. The molecule has 2 heterocycles. The molecule has 0 aliphatic carbocycles. The standard InChI is InChI=1S/C6H9N3O.C2H6/c7-5-1-8-9(2-5)6-3-10-4-6;1-2/h1-2,6H,3-4,7H2;1-2H3. The maximum absolute atomic E-state index is 5.47. The predicted octanol–water partition coefficient (Wildman–Crippen LogP) is 1.06. The van der Waals surface area contributed by atoms with Crippen molar-refractivity contribution in [2.45, 2.75) is 19.9 Å². The smallest absolute Gasteiger partial charge is 0.0986 e. The van der Waals surface area contributed by atoms with E-state index in [2.05, 4.69) is 5.10 Å². The van der Waals surface area contributed by atoms with Crippen LogP contribution in [0, 0.1) is 0 Å². The van der Waals surface area contributed by atoms with Crippen LogP contribution in [-0.2, 0) is 4.74 Å². The Bertz CT molecular complexity index is 230. The van der Waals surface area contributed by atoms with Gasteiger partial charge in [-0.25, -0.2) is 0 Å². The van der Waals surface area contributed by atoms with E-state index < -0.39 is 0 Å². The minimum absolute atomic E-state index is 0.414. The zero-order valence-corrected chi connectivity index (χ0v) is 7.53. The van der Waals surface area contributed by atoms with Gasteiger partial charge in [0.2, 0.25) is 0 Å². The molecular formula is C8H15N3O. The topological polar surface area (TPSA) is 53.1 Å². The molecule has 1 aromatic heterocycles. The normalized spacial score (nSPS) is 16.2. The second kappa shape index (κ2) is 4.11. The fourth-order valence-corrected chi connectivity index (χ4v) is 0.928. The fourth-order valence-electron chi connectivity index (χ4n) is 0.928. The number of rotatable bonds is 1. The number of anilines is 1. The Morgan fingerprint density at radius 3 is 2.58 bits per heavy atom. The van der Waals surface area contributed by atoms with Gasteiger partial charge in [0.1, 0.15) is 0 Å². The van der Waals surface area contributed by atoms with E-state index in [0.29, 0.717) is 11.7 Å². The van der Waals surface area contributed by atoms with E-state index in [4.69, 9.17) is 10.5 Å². The van der Waals surface area contributed by atoms with E-state index >= 15 is 0 Å². The lowest BCUT2D eigenvalue weighted by Crippen LogP contribution is -2.30. The molecule has 0 amide bonds. The first kappa shape index (κ1) is 9.06. The molecule has 0 saturated carbocycles. The average molecular weight is 169 g/mol. The van der Waals surface area contributed by atoms with Crippen LogP contribution in [0.3, 0.4) is 0 Å². The van der Waals surface area contributed by atoms with Crippen molar-refractivity contribution in [1.82, 2.24) is 9.78 Å². The third-order valence-corrected chi connectivity index (χ3v) is 1.62. The van der Waals surface area contributed by atoms with Crippen LogP contribution in [0.1, 0.15) is 19.9 Å². The lowest BCUT2D eigenvalue weighted by atomic mass is 10.3. The first-order valence-corrected chi connectivity index (χ1v) is 4.23. The number of nitrogen functional groups attached to an aromatic ring is 1. The van der Waals surface area contributed by atoms with Gasteiger partial charge in [-0.15, -0.1) is 0 Å². The van der Waals surface area contributed by atoms with Gasteiger partial charge in [-0.3, -0.25) is 4.68 Å². The van der Waals surface area contributed by atoms with Crippen molar-refractivity contribution in [3.63, 3.8) is 0 Å². The number of nitrogens with two attached hydrogens (primary N) is 1.